The lowest BCUT2D eigenvalue weighted by atomic mass is 10.3. The van der Waals surface area contributed by atoms with Crippen LogP contribution in [-0.2, 0) is 0 Å². The van der Waals surface area contributed by atoms with Crippen LogP contribution in [0, 0.1) is 0 Å². The first-order valence-electron chi connectivity index (χ1n) is 5.69. The lowest BCUT2D eigenvalue weighted by Crippen LogP contribution is -1.90. The quantitative estimate of drug-likeness (QED) is 0.556. The summed E-state index contributed by atoms with van der Waals surface area (Å²) in [5, 5.41) is 13.5. The number of hydrogen-bond donors (Lipinski definition) is 0. The molecule has 0 amide bonds. The number of pyridine rings is 1. The predicted octanol–water partition coefficient (Wildman–Crippen LogP) is 3.27. The van der Waals surface area contributed by atoms with Crippen LogP contribution >= 0.6 is 27.3 Å². The summed E-state index contributed by atoms with van der Waals surface area (Å²) in [4.78, 5) is 4.80. The minimum atomic E-state index is 0.668. The van der Waals surface area contributed by atoms with Crippen molar-refractivity contribution in [3.05, 3.63) is 41.3 Å². The number of fused-ring (bicyclic) bond motifs is 1. The Hall–Kier alpha value is -2.06. The Morgan fingerprint density at radius 3 is 2.90 bits per heavy atom. The Bertz CT molecular complexity index is 882. The van der Waals surface area contributed by atoms with E-state index in [0.29, 0.717) is 21.2 Å². The van der Waals surface area contributed by atoms with Gasteiger partial charge in [0.2, 0.25) is 4.96 Å². The summed E-state index contributed by atoms with van der Waals surface area (Å²) in [6.07, 6.45) is 3.45. The molecule has 0 aromatic carbocycles. The number of aromatic nitrogens is 5. The van der Waals surface area contributed by atoms with E-state index >= 15 is 0 Å². The van der Waals surface area contributed by atoms with Crippen molar-refractivity contribution in [2.24, 2.45) is 0 Å². The number of halogens is 1. The Balaban J connectivity index is 1.87. The van der Waals surface area contributed by atoms with Gasteiger partial charge >= 0.3 is 0 Å². The third kappa shape index (κ3) is 1.84. The van der Waals surface area contributed by atoms with Crippen molar-refractivity contribution in [3.8, 4) is 22.2 Å². The topological polar surface area (TPSA) is 69.1 Å². The number of hydrogen-bond acceptors (Lipinski definition) is 6. The largest absolute Gasteiger partial charge is 0.447 e. The van der Waals surface area contributed by atoms with E-state index in [4.69, 9.17) is 4.42 Å². The first-order chi connectivity index (χ1) is 9.81. The first kappa shape index (κ1) is 11.7. The van der Waals surface area contributed by atoms with Gasteiger partial charge in [-0.3, -0.25) is 4.98 Å². The second kappa shape index (κ2) is 4.50. The molecular formula is C12H6BrN5OS. The Morgan fingerprint density at radius 1 is 1.20 bits per heavy atom. The van der Waals surface area contributed by atoms with E-state index in [-0.39, 0.29) is 0 Å². The molecule has 0 atom stereocenters. The third-order valence-corrected chi connectivity index (χ3v) is 4.03. The molecular weight excluding hydrogens is 342 g/mol. The van der Waals surface area contributed by atoms with Crippen molar-refractivity contribution >= 4 is 32.2 Å². The maximum atomic E-state index is 5.50. The maximum absolute atomic E-state index is 5.50. The molecule has 6 nitrogen and oxygen atoms in total. The van der Waals surface area contributed by atoms with E-state index in [0.717, 1.165) is 10.6 Å². The fourth-order valence-electron chi connectivity index (χ4n) is 1.82. The van der Waals surface area contributed by atoms with Gasteiger partial charge in [0.15, 0.2) is 21.3 Å². The average molecular weight is 348 g/mol. The highest BCUT2D eigenvalue weighted by atomic mass is 79.9. The van der Waals surface area contributed by atoms with Gasteiger partial charge in [0.05, 0.1) is 0 Å². The van der Waals surface area contributed by atoms with E-state index in [9.17, 15) is 0 Å². The molecule has 0 aliphatic heterocycles. The summed E-state index contributed by atoms with van der Waals surface area (Å²) in [5.41, 5.74) is 0.873. The third-order valence-electron chi connectivity index (χ3n) is 2.69. The number of nitrogens with zero attached hydrogens (tertiary/aromatic N) is 5. The van der Waals surface area contributed by atoms with Crippen LogP contribution in [0.1, 0.15) is 0 Å². The molecule has 4 aromatic heterocycles. The average Bonchev–Trinajstić information content (AvgIpc) is 3.13. The Morgan fingerprint density at radius 2 is 2.15 bits per heavy atom. The van der Waals surface area contributed by atoms with Gasteiger partial charge in [0.25, 0.3) is 0 Å². The highest BCUT2D eigenvalue weighted by Crippen LogP contribution is 2.30. The lowest BCUT2D eigenvalue weighted by Gasteiger charge is -1.94. The normalized spacial score (nSPS) is 11.2. The fraction of sp³-hybridized carbons (Fsp3) is 0. The second-order valence-corrected chi connectivity index (χ2v) is 5.71. The van der Waals surface area contributed by atoms with Crippen molar-refractivity contribution in [2.45, 2.75) is 0 Å². The predicted molar refractivity (Wildman–Crippen MR) is 77.3 cm³/mol. The molecule has 98 valence electrons. The highest BCUT2D eigenvalue weighted by Gasteiger charge is 2.16. The molecule has 4 heterocycles. The van der Waals surface area contributed by atoms with Gasteiger partial charge in [-0.25, -0.2) is 0 Å². The van der Waals surface area contributed by atoms with Crippen molar-refractivity contribution < 1.29 is 4.42 Å². The van der Waals surface area contributed by atoms with E-state index in [1.54, 1.807) is 16.9 Å². The molecule has 4 rings (SSSR count). The van der Waals surface area contributed by atoms with Crippen molar-refractivity contribution in [3.63, 3.8) is 0 Å². The van der Waals surface area contributed by atoms with E-state index < -0.39 is 0 Å². The van der Waals surface area contributed by atoms with Crippen LogP contribution in [0.5, 0.6) is 0 Å². The summed E-state index contributed by atoms with van der Waals surface area (Å²) >= 11 is 4.70. The maximum Gasteiger partial charge on any atom is 0.235 e. The van der Waals surface area contributed by atoms with Crippen LogP contribution in [0.25, 0.3) is 27.1 Å². The number of furan rings is 1. The summed E-state index contributed by atoms with van der Waals surface area (Å²) in [6, 6.07) is 7.47. The zero-order valence-corrected chi connectivity index (χ0v) is 12.3. The van der Waals surface area contributed by atoms with Crippen LogP contribution in [0.4, 0.5) is 0 Å². The van der Waals surface area contributed by atoms with Crippen molar-refractivity contribution in [1.29, 1.82) is 0 Å². The molecule has 8 heteroatoms. The molecule has 0 fully saturated rings. The van der Waals surface area contributed by atoms with Crippen LogP contribution in [-0.4, -0.2) is 24.8 Å². The number of rotatable bonds is 2. The molecule has 0 bridgehead atoms. The monoisotopic (exact) mass is 347 g/mol. The molecule has 0 saturated heterocycles. The standard InChI is InChI=1S/C12H6BrN5OS/c13-9-4-3-8(19-9)11-17-18-10(15-16-12(18)20-11)7-2-1-5-14-6-7/h1-6H. The first-order valence-corrected chi connectivity index (χ1v) is 7.30. The van der Waals surface area contributed by atoms with Gasteiger partial charge in [-0.2, -0.15) is 4.52 Å². The summed E-state index contributed by atoms with van der Waals surface area (Å²) in [7, 11) is 0. The fourth-order valence-corrected chi connectivity index (χ4v) is 2.93. The molecule has 0 unspecified atom stereocenters. The van der Waals surface area contributed by atoms with E-state index in [2.05, 4.69) is 36.2 Å². The molecule has 0 saturated carbocycles. The van der Waals surface area contributed by atoms with Gasteiger partial charge < -0.3 is 4.42 Å². The summed E-state index contributed by atoms with van der Waals surface area (Å²) < 4.78 is 7.88. The SMILES string of the molecule is Brc1ccc(-c2nn3c(-c4cccnc4)nnc3s2)o1. The van der Waals surface area contributed by atoms with Crippen molar-refractivity contribution in [1.82, 2.24) is 24.8 Å². The van der Waals surface area contributed by atoms with E-state index in [1.165, 1.54) is 11.3 Å². The molecule has 0 radical (unpaired) electrons. The molecule has 0 aliphatic carbocycles. The van der Waals surface area contributed by atoms with Crippen LogP contribution in [0.3, 0.4) is 0 Å². The molecule has 20 heavy (non-hydrogen) atoms. The summed E-state index contributed by atoms with van der Waals surface area (Å²) in [6.45, 7) is 0. The summed E-state index contributed by atoms with van der Waals surface area (Å²) in [5.74, 6) is 1.37. The minimum Gasteiger partial charge on any atom is -0.447 e. The smallest absolute Gasteiger partial charge is 0.235 e. The van der Waals surface area contributed by atoms with Crippen molar-refractivity contribution in [2.75, 3.05) is 0 Å². The van der Waals surface area contributed by atoms with Gasteiger partial charge in [0.1, 0.15) is 0 Å². The van der Waals surface area contributed by atoms with Crippen LogP contribution in [0.2, 0.25) is 0 Å². The Labute approximate surface area is 125 Å². The van der Waals surface area contributed by atoms with E-state index in [1.807, 2.05) is 24.3 Å². The second-order valence-electron chi connectivity index (χ2n) is 3.97. The molecule has 0 spiro atoms. The Kier molecular flexibility index (Phi) is 2.64. The van der Waals surface area contributed by atoms with Crippen LogP contribution in [0.15, 0.2) is 45.7 Å². The minimum absolute atomic E-state index is 0.668. The van der Waals surface area contributed by atoms with Gasteiger partial charge in [0, 0.05) is 18.0 Å². The lowest BCUT2D eigenvalue weighted by molar-refractivity contribution is 0.554. The van der Waals surface area contributed by atoms with Crippen LogP contribution < -0.4 is 0 Å². The van der Waals surface area contributed by atoms with Gasteiger partial charge in [-0.05, 0) is 40.2 Å². The van der Waals surface area contributed by atoms with Gasteiger partial charge in [-0.15, -0.1) is 15.3 Å². The zero-order valence-electron chi connectivity index (χ0n) is 9.89. The molecule has 0 aliphatic rings. The molecule has 4 aromatic rings. The van der Waals surface area contributed by atoms with Gasteiger partial charge in [-0.1, -0.05) is 11.3 Å². The highest BCUT2D eigenvalue weighted by molar-refractivity contribution is 9.10. The molecule has 0 N–H and O–H groups in total. The zero-order chi connectivity index (χ0) is 13.5.